The predicted octanol–water partition coefficient (Wildman–Crippen LogP) is 4.28. The molecule has 0 N–H and O–H groups in total. The second kappa shape index (κ2) is 11.0. The van der Waals surface area contributed by atoms with E-state index < -0.39 is 0 Å². The smallest absolute Gasteiger partial charge is 0.274 e. The van der Waals surface area contributed by atoms with Crippen molar-refractivity contribution in [1.29, 1.82) is 0 Å². The largest absolute Gasteiger partial charge is 0.497 e. The summed E-state index contributed by atoms with van der Waals surface area (Å²) in [6, 6.07) is 15.7. The highest BCUT2D eigenvalue weighted by molar-refractivity contribution is 5.96. The zero-order chi connectivity index (χ0) is 25.8. The summed E-state index contributed by atoms with van der Waals surface area (Å²) in [4.78, 5) is 30.4. The van der Waals surface area contributed by atoms with Crippen LogP contribution in [0, 0.1) is 19.8 Å². The van der Waals surface area contributed by atoms with Crippen molar-refractivity contribution in [1.82, 2.24) is 19.6 Å². The topological polar surface area (TPSA) is 67.7 Å². The lowest BCUT2D eigenvalue weighted by Gasteiger charge is -2.40. The van der Waals surface area contributed by atoms with Crippen molar-refractivity contribution in [2.75, 3.05) is 27.2 Å². The number of likely N-dealkylation sites (tertiary alicyclic amines) is 1. The molecule has 1 aliphatic heterocycles. The minimum Gasteiger partial charge on any atom is -0.497 e. The van der Waals surface area contributed by atoms with Crippen molar-refractivity contribution in [3.63, 3.8) is 0 Å². The third-order valence-electron chi connectivity index (χ3n) is 7.54. The van der Waals surface area contributed by atoms with E-state index in [9.17, 15) is 9.59 Å². The van der Waals surface area contributed by atoms with Gasteiger partial charge in [-0.2, -0.15) is 5.10 Å². The number of nitrogens with zero attached hydrogens (tertiary/aromatic N) is 4. The van der Waals surface area contributed by atoms with Gasteiger partial charge in [0.1, 0.15) is 11.4 Å². The Morgan fingerprint density at radius 2 is 1.83 bits per heavy atom. The molecule has 0 aliphatic carbocycles. The number of methoxy groups -OCH3 is 1. The summed E-state index contributed by atoms with van der Waals surface area (Å²) in [7, 11) is 5.35. The van der Waals surface area contributed by atoms with Crippen molar-refractivity contribution >= 4 is 11.8 Å². The summed E-state index contributed by atoms with van der Waals surface area (Å²) >= 11 is 0. The molecule has 4 rings (SSSR count). The second-order valence-electron chi connectivity index (χ2n) is 9.79. The normalized spacial score (nSPS) is 15.0. The van der Waals surface area contributed by atoms with Crippen LogP contribution in [-0.4, -0.2) is 64.7 Å². The first kappa shape index (κ1) is 25.5. The maximum atomic E-state index is 13.3. The Hall–Kier alpha value is -3.61. The molecule has 1 fully saturated rings. The van der Waals surface area contributed by atoms with Crippen LogP contribution in [0.5, 0.6) is 5.75 Å². The molecule has 0 spiro atoms. The molecule has 1 aliphatic rings. The van der Waals surface area contributed by atoms with Gasteiger partial charge in [-0.1, -0.05) is 24.3 Å². The Kier molecular flexibility index (Phi) is 7.77. The molecule has 0 unspecified atom stereocenters. The molecule has 0 radical (unpaired) electrons. The van der Waals surface area contributed by atoms with E-state index in [2.05, 4.69) is 11.2 Å². The zero-order valence-corrected chi connectivity index (χ0v) is 21.9. The Bertz CT molecular complexity index is 1230. The van der Waals surface area contributed by atoms with Gasteiger partial charge >= 0.3 is 0 Å². The van der Waals surface area contributed by atoms with Gasteiger partial charge in [-0.25, -0.2) is 0 Å². The first-order chi connectivity index (χ1) is 17.3. The number of aromatic nitrogens is 2. The molecular formula is C29H36N4O3. The Labute approximate surface area is 213 Å². The van der Waals surface area contributed by atoms with Crippen LogP contribution in [0.2, 0.25) is 0 Å². The summed E-state index contributed by atoms with van der Waals surface area (Å²) < 4.78 is 7.07. The number of hydrogen-bond acceptors (Lipinski definition) is 4. The van der Waals surface area contributed by atoms with Crippen LogP contribution < -0.4 is 4.74 Å². The van der Waals surface area contributed by atoms with Crippen LogP contribution in [0.25, 0.3) is 0 Å². The molecule has 2 aromatic carbocycles. The lowest BCUT2D eigenvalue weighted by atomic mass is 9.84. The number of rotatable bonds is 7. The van der Waals surface area contributed by atoms with Gasteiger partial charge in [0.2, 0.25) is 0 Å². The Balaban J connectivity index is 1.53. The third-order valence-corrected chi connectivity index (χ3v) is 7.54. The molecule has 0 saturated carbocycles. The van der Waals surface area contributed by atoms with Gasteiger partial charge in [0.05, 0.1) is 7.11 Å². The number of ether oxygens (including phenoxy) is 1. The minimum atomic E-state index is -0.0858. The molecule has 190 valence electrons. The highest BCUT2D eigenvalue weighted by Crippen LogP contribution is 2.29. The Morgan fingerprint density at radius 1 is 1.11 bits per heavy atom. The number of carbonyl (C=O) groups excluding carboxylic acids is 2. The quantitative estimate of drug-likeness (QED) is 0.498. The number of hydrogen-bond donors (Lipinski definition) is 0. The third kappa shape index (κ3) is 5.45. The van der Waals surface area contributed by atoms with E-state index in [0.717, 1.165) is 40.8 Å². The second-order valence-corrected chi connectivity index (χ2v) is 9.79. The summed E-state index contributed by atoms with van der Waals surface area (Å²) in [5, 5.41) is 4.33. The van der Waals surface area contributed by atoms with Crippen LogP contribution in [0.3, 0.4) is 0 Å². The van der Waals surface area contributed by atoms with Gasteiger partial charge < -0.3 is 14.5 Å². The van der Waals surface area contributed by atoms with Gasteiger partial charge in [0.15, 0.2) is 0 Å². The maximum Gasteiger partial charge on any atom is 0.274 e. The average molecular weight is 489 g/mol. The lowest BCUT2D eigenvalue weighted by molar-refractivity contribution is 0.0518. The van der Waals surface area contributed by atoms with E-state index >= 15 is 0 Å². The molecule has 7 heteroatoms. The first-order valence-electron chi connectivity index (χ1n) is 12.5. The van der Waals surface area contributed by atoms with Gasteiger partial charge in [0.25, 0.3) is 11.8 Å². The van der Waals surface area contributed by atoms with E-state index in [1.807, 2.05) is 74.1 Å². The number of piperidine rings is 1. The fourth-order valence-corrected chi connectivity index (χ4v) is 5.16. The van der Waals surface area contributed by atoms with E-state index in [4.69, 9.17) is 4.74 Å². The monoisotopic (exact) mass is 488 g/mol. The summed E-state index contributed by atoms with van der Waals surface area (Å²) in [5.74, 6) is 1.07. The van der Waals surface area contributed by atoms with Gasteiger partial charge in [0, 0.05) is 45.0 Å². The number of carbonyl (C=O) groups is 2. The summed E-state index contributed by atoms with van der Waals surface area (Å²) in [5.41, 5.74) is 4.51. The molecule has 0 bridgehead atoms. The SMILES string of the molecule is COc1cccc(C[C@H](C2CCN(C(=O)c3cccc(C)c3C)CC2)N(C)C(=O)c2ccn(C)n2)c1. The van der Waals surface area contributed by atoms with Crippen molar-refractivity contribution in [3.8, 4) is 5.75 Å². The van der Waals surface area contributed by atoms with Gasteiger partial charge in [-0.3, -0.25) is 14.3 Å². The number of likely N-dealkylation sites (N-methyl/N-ethyl adjacent to an activating group) is 1. The molecule has 36 heavy (non-hydrogen) atoms. The van der Waals surface area contributed by atoms with E-state index in [1.54, 1.807) is 24.1 Å². The highest BCUT2D eigenvalue weighted by Gasteiger charge is 2.34. The number of aryl methyl sites for hydroxylation is 2. The van der Waals surface area contributed by atoms with E-state index in [1.165, 1.54) is 0 Å². The molecule has 1 atom stereocenters. The summed E-state index contributed by atoms with van der Waals surface area (Å²) in [6.45, 7) is 5.40. The molecule has 1 saturated heterocycles. The number of benzene rings is 2. The molecule has 2 heterocycles. The molecule has 2 amide bonds. The Morgan fingerprint density at radius 3 is 2.50 bits per heavy atom. The maximum absolute atomic E-state index is 13.3. The lowest BCUT2D eigenvalue weighted by Crippen LogP contribution is -2.48. The molecule has 7 nitrogen and oxygen atoms in total. The number of amides is 2. The molecule has 1 aromatic heterocycles. The van der Waals surface area contributed by atoms with Crippen LogP contribution in [0.1, 0.15) is 50.4 Å². The first-order valence-corrected chi connectivity index (χ1v) is 12.5. The van der Waals surface area contributed by atoms with Crippen LogP contribution in [0.4, 0.5) is 0 Å². The van der Waals surface area contributed by atoms with E-state index in [-0.39, 0.29) is 23.8 Å². The van der Waals surface area contributed by atoms with Gasteiger partial charge in [-0.15, -0.1) is 0 Å². The zero-order valence-electron chi connectivity index (χ0n) is 21.9. The van der Waals surface area contributed by atoms with Crippen molar-refractivity contribution < 1.29 is 14.3 Å². The van der Waals surface area contributed by atoms with Crippen LogP contribution >= 0.6 is 0 Å². The standard InChI is InChI=1S/C29H36N4O3/c1-20-8-6-11-25(21(20)2)28(34)33-16-12-23(13-17-33)27(19-22-9-7-10-24(18-22)36-5)32(4)29(35)26-14-15-31(3)30-26/h6-11,14-15,18,23,27H,12-13,16-17,19H2,1-5H3/t27-/m1/s1. The highest BCUT2D eigenvalue weighted by atomic mass is 16.5. The molecule has 3 aromatic rings. The van der Waals surface area contributed by atoms with Crippen molar-refractivity contribution in [2.24, 2.45) is 13.0 Å². The van der Waals surface area contributed by atoms with E-state index in [0.29, 0.717) is 25.2 Å². The predicted molar refractivity (Wildman–Crippen MR) is 140 cm³/mol. The van der Waals surface area contributed by atoms with Crippen LogP contribution in [0.15, 0.2) is 54.7 Å². The van der Waals surface area contributed by atoms with Crippen molar-refractivity contribution in [2.45, 2.75) is 39.2 Å². The average Bonchev–Trinajstić information content (AvgIpc) is 3.34. The van der Waals surface area contributed by atoms with Crippen LogP contribution in [-0.2, 0) is 13.5 Å². The minimum absolute atomic E-state index is 0.0235. The van der Waals surface area contributed by atoms with Crippen molar-refractivity contribution in [3.05, 3.63) is 82.7 Å². The summed E-state index contributed by atoms with van der Waals surface area (Å²) in [6.07, 6.45) is 4.17. The fraction of sp³-hybridized carbons (Fsp3) is 0.414. The fourth-order valence-electron chi connectivity index (χ4n) is 5.16. The van der Waals surface area contributed by atoms with Gasteiger partial charge in [-0.05, 0) is 80.0 Å². The molecular weight excluding hydrogens is 452 g/mol.